The fraction of sp³-hybridized carbons (Fsp3) is 0.611. The number of hydrogen-bond acceptors (Lipinski definition) is 7. The molecule has 10 heteroatoms. The summed E-state index contributed by atoms with van der Waals surface area (Å²) in [5.41, 5.74) is -0.406. The van der Waals surface area contributed by atoms with Crippen LogP contribution in [0.25, 0.3) is 0 Å². The summed E-state index contributed by atoms with van der Waals surface area (Å²) in [6, 6.07) is 7.93. The summed E-state index contributed by atoms with van der Waals surface area (Å²) >= 11 is 0. The second kappa shape index (κ2) is 15.9. The van der Waals surface area contributed by atoms with Crippen molar-refractivity contribution in [2.75, 3.05) is 33.3 Å². The average molecular weight is 638 g/mol. The van der Waals surface area contributed by atoms with E-state index in [2.05, 4.69) is 20.1 Å². The molecular weight excluding hydrogens is 586 g/mol. The second-order valence-corrected chi connectivity index (χ2v) is 12.8. The molecule has 0 radical (unpaired) electrons. The van der Waals surface area contributed by atoms with Crippen molar-refractivity contribution >= 4 is 23.7 Å². The summed E-state index contributed by atoms with van der Waals surface area (Å²) in [4.78, 5) is 60.7. The molecule has 1 aromatic rings. The van der Waals surface area contributed by atoms with E-state index in [9.17, 15) is 24.3 Å². The molecule has 3 aliphatic rings. The molecule has 0 aromatic heterocycles. The first-order valence-electron chi connectivity index (χ1n) is 16.8. The maximum Gasteiger partial charge on any atom is 0.313 e. The van der Waals surface area contributed by atoms with Gasteiger partial charge in [-0.05, 0) is 51.0 Å². The Morgan fingerprint density at radius 1 is 1.17 bits per heavy atom. The summed E-state index contributed by atoms with van der Waals surface area (Å²) in [6.07, 6.45) is 6.60. The van der Waals surface area contributed by atoms with Gasteiger partial charge in [0.1, 0.15) is 17.7 Å². The molecule has 1 N–H and O–H groups in total. The first-order valence-corrected chi connectivity index (χ1v) is 16.8. The molecule has 1 aromatic carbocycles. The molecule has 0 unspecified atom stereocenters. The molecule has 2 bridgehead atoms. The zero-order valence-electron chi connectivity index (χ0n) is 27.6. The Morgan fingerprint density at radius 2 is 1.91 bits per heavy atom. The summed E-state index contributed by atoms with van der Waals surface area (Å²) in [7, 11) is 1.70. The van der Waals surface area contributed by atoms with Crippen LogP contribution in [0.1, 0.15) is 76.9 Å². The molecule has 4 rings (SSSR count). The molecule has 1 spiro atoms. The number of fused-ring (bicyclic) bond motifs is 1. The topological polar surface area (TPSA) is 117 Å². The van der Waals surface area contributed by atoms with E-state index >= 15 is 0 Å². The molecule has 10 nitrogen and oxygen atoms in total. The van der Waals surface area contributed by atoms with E-state index in [4.69, 9.17) is 9.47 Å². The Labute approximate surface area is 273 Å². The van der Waals surface area contributed by atoms with E-state index in [0.717, 1.165) is 18.4 Å². The Kier molecular flexibility index (Phi) is 12.2. The molecule has 3 saturated heterocycles. The van der Waals surface area contributed by atoms with Crippen LogP contribution in [-0.2, 0) is 28.7 Å². The lowest BCUT2D eigenvalue weighted by atomic mass is 9.70. The number of aliphatic hydroxyl groups is 1. The smallest absolute Gasteiger partial charge is 0.313 e. The van der Waals surface area contributed by atoms with Crippen molar-refractivity contribution in [2.45, 2.75) is 95.1 Å². The number of likely N-dealkylation sites (N-methyl/N-ethyl adjacent to an activating group) is 1. The summed E-state index contributed by atoms with van der Waals surface area (Å²) in [6.45, 7) is 12.6. The van der Waals surface area contributed by atoms with Crippen molar-refractivity contribution in [2.24, 2.45) is 11.8 Å². The molecule has 7 atom stereocenters. The molecule has 46 heavy (non-hydrogen) atoms. The Bertz CT molecular complexity index is 1260. The number of aliphatic hydroxyl groups excluding tert-OH is 1. The first-order chi connectivity index (χ1) is 22.2. The largest absolute Gasteiger partial charge is 0.455 e. The van der Waals surface area contributed by atoms with Crippen LogP contribution < -0.4 is 0 Å². The molecule has 0 aliphatic carbocycles. The van der Waals surface area contributed by atoms with Crippen molar-refractivity contribution < 1.29 is 33.8 Å². The maximum absolute atomic E-state index is 14.3. The minimum atomic E-state index is -1.14. The van der Waals surface area contributed by atoms with E-state index in [1.807, 2.05) is 37.3 Å². The van der Waals surface area contributed by atoms with Crippen molar-refractivity contribution in [3.8, 4) is 0 Å². The number of unbranched alkanes of at least 4 members (excludes halogenated alkanes) is 2. The van der Waals surface area contributed by atoms with Crippen LogP contribution in [0.2, 0.25) is 0 Å². The fourth-order valence-corrected chi connectivity index (χ4v) is 7.43. The van der Waals surface area contributed by atoms with Crippen LogP contribution >= 0.6 is 0 Å². The van der Waals surface area contributed by atoms with Crippen molar-refractivity contribution in [3.63, 3.8) is 0 Å². The van der Waals surface area contributed by atoms with Crippen molar-refractivity contribution in [1.82, 2.24) is 14.7 Å². The lowest BCUT2D eigenvalue weighted by Gasteiger charge is -2.37. The number of carbonyl (C=O) groups excluding carboxylic acids is 4. The van der Waals surface area contributed by atoms with Gasteiger partial charge in [-0.2, -0.15) is 0 Å². The van der Waals surface area contributed by atoms with Gasteiger partial charge in [-0.3, -0.25) is 19.2 Å². The van der Waals surface area contributed by atoms with Gasteiger partial charge in [-0.15, -0.1) is 13.2 Å². The van der Waals surface area contributed by atoms with Crippen LogP contribution in [0, 0.1) is 11.8 Å². The molecule has 3 fully saturated rings. The highest BCUT2D eigenvalue weighted by molar-refractivity contribution is 5.98. The van der Waals surface area contributed by atoms with E-state index in [1.54, 1.807) is 33.9 Å². The highest BCUT2D eigenvalue weighted by atomic mass is 16.6. The van der Waals surface area contributed by atoms with Gasteiger partial charge in [0.2, 0.25) is 17.7 Å². The highest BCUT2D eigenvalue weighted by Crippen LogP contribution is 2.59. The minimum Gasteiger partial charge on any atom is -0.455 e. The van der Waals surface area contributed by atoms with Crippen LogP contribution in [0.3, 0.4) is 0 Å². The van der Waals surface area contributed by atoms with Gasteiger partial charge in [0.25, 0.3) is 0 Å². The Morgan fingerprint density at radius 3 is 2.57 bits per heavy atom. The van der Waals surface area contributed by atoms with E-state index < -0.39 is 47.7 Å². The van der Waals surface area contributed by atoms with E-state index in [-0.39, 0.29) is 30.9 Å². The average Bonchev–Trinajstić information content (AvgIpc) is 3.71. The predicted molar refractivity (Wildman–Crippen MR) is 174 cm³/mol. The molecular formula is C36H51N3O7. The third kappa shape index (κ3) is 6.93. The minimum absolute atomic E-state index is 0.0224. The quantitative estimate of drug-likeness (QED) is 0.147. The number of hydrogen-bond donors (Lipinski definition) is 1. The number of likely N-dealkylation sites (tertiary alicyclic amines) is 1. The van der Waals surface area contributed by atoms with E-state index in [0.29, 0.717) is 51.6 Å². The zero-order chi connectivity index (χ0) is 33.4. The number of ether oxygens (including phenoxy) is 2. The Hall–Kier alpha value is -3.50. The summed E-state index contributed by atoms with van der Waals surface area (Å²) < 4.78 is 12.9. The predicted octanol–water partition coefficient (Wildman–Crippen LogP) is 4.05. The van der Waals surface area contributed by atoms with Crippen molar-refractivity contribution in [3.05, 3.63) is 61.2 Å². The lowest BCUT2D eigenvalue weighted by Crippen LogP contribution is -2.56. The number of allylic oxidation sites excluding steroid dienone is 1. The number of amides is 3. The van der Waals surface area contributed by atoms with Gasteiger partial charge in [0.05, 0.1) is 24.0 Å². The summed E-state index contributed by atoms with van der Waals surface area (Å²) in [5, 5.41) is 9.45. The third-order valence-electron chi connectivity index (χ3n) is 9.93. The first kappa shape index (κ1) is 35.4. The van der Waals surface area contributed by atoms with Crippen molar-refractivity contribution in [1.29, 1.82) is 0 Å². The van der Waals surface area contributed by atoms with Crippen LogP contribution in [0.5, 0.6) is 0 Å². The van der Waals surface area contributed by atoms with Crippen LogP contribution in [0.15, 0.2) is 55.6 Å². The lowest BCUT2D eigenvalue weighted by molar-refractivity contribution is -0.164. The number of esters is 1. The standard InChI is InChI=1S/C36H51N3O7/c1-6-9-18-28(41)37(5)25(4)31(26-16-12-11-13-17-26)45-35(44)29-27-19-20-36(46-27)30(29)33(42)39(23-14-15-24-40)32(36)34(43)38(21-8-3)22-10-7-2/h6,8,11-13,16-17,25,27,29-32,40H,1,3,7,9-10,14-15,18-24H2,2,4-5H3/t25-,27+,29-,30-,31+,32+,36-/m1/s1. The van der Waals surface area contributed by atoms with Gasteiger partial charge >= 0.3 is 5.97 Å². The highest BCUT2D eigenvalue weighted by Gasteiger charge is 2.75. The van der Waals surface area contributed by atoms with Gasteiger partial charge in [0.15, 0.2) is 0 Å². The monoisotopic (exact) mass is 637 g/mol. The number of rotatable bonds is 18. The SMILES string of the molecule is C=CCCC(=O)N(C)[C@H](C)[C@H](OC(=O)[C@@H]1[C@@H]2CC[C@]3(O2)[C@H](C(=O)N(CC=C)CCCC)N(CCCCO)C(=O)[C@@H]13)c1ccccc1. The van der Waals surface area contributed by atoms with Gasteiger partial charge in [-0.1, -0.05) is 55.8 Å². The number of carbonyl (C=O) groups is 4. The van der Waals surface area contributed by atoms with Crippen LogP contribution in [-0.4, -0.2) is 101 Å². The number of nitrogens with zero attached hydrogens (tertiary/aromatic N) is 3. The molecule has 3 aliphatic heterocycles. The molecule has 3 amide bonds. The second-order valence-electron chi connectivity index (χ2n) is 12.8. The van der Waals surface area contributed by atoms with Gasteiger partial charge in [0, 0.05) is 39.7 Å². The Balaban J connectivity index is 1.66. The zero-order valence-corrected chi connectivity index (χ0v) is 27.6. The molecule has 3 heterocycles. The normalized spacial score (nSPS) is 25.9. The van der Waals surface area contributed by atoms with Crippen LogP contribution in [0.4, 0.5) is 0 Å². The number of benzene rings is 1. The van der Waals surface area contributed by atoms with E-state index in [1.165, 1.54) is 0 Å². The fourth-order valence-electron chi connectivity index (χ4n) is 7.43. The third-order valence-corrected chi connectivity index (χ3v) is 9.93. The summed E-state index contributed by atoms with van der Waals surface area (Å²) in [5.74, 6) is -2.88. The molecule has 252 valence electrons. The molecule has 0 saturated carbocycles. The van der Waals surface area contributed by atoms with Gasteiger partial charge in [-0.25, -0.2) is 0 Å². The maximum atomic E-state index is 14.3. The van der Waals surface area contributed by atoms with Gasteiger partial charge < -0.3 is 29.3 Å².